The Balaban J connectivity index is 1.77. The van der Waals surface area contributed by atoms with Crippen molar-refractivity contribution in [2.45, 2.75) is 26.5 Å². The van der Waals surface area contributed by atoms with E-state index in [9.17, 15) is 23.3 Å². The molecule has 9 nitrogen and oxygen atoms in total. The van der Waals surface area contributed by atoms with E-state index in [2.05, 4.69) is 5.32 Å². The van der Waals surface area contributed by atoms with Gasteiger partial charge in [0.1, 0.15) is 5.69 Å². The maximum Gasteiger partial charge on any atom is 0.339 e. The van der Waals surface area contributed by atoms with Gasteiger partial charge in [0.25, 0.3) is 5.69 Å². The highest BCUT2D eigenvalue weighted by molar-refractivity contribution is 7.74. The standard InChI is InChI=1S/C27H25N3O6S/c1-18(2)36-27(31)23-13-15-25(22-11-7-6-10-21(22)23)29(37(34)35)20-12-14-24(26(16-20)30(32)33)28-17-19-8-4-3-5-9-19/h3-16,18,28,37H,17H2,1-2H3. The molecule has 10 heteroatoms. The number of carbonyl (C=O) groups is 1. The van der Waals surface area contributed by atoms with Gasteiger partial charge >= 0.3 is 5.97 Å². The third-order valence-electron chi connectivity index (χ3n) is 5.60. The number of fused-ring (bicyclic) bond motifs is 1. The van der Waals surface area contributed by atoms with Crippen LogP contribution in [-0.2, 0) is 22.2 Å². The van der Waals surface area contributed by atoms with Gasteiger partial charge < -0.3 is 10.1 Å². The van der Waals surface area contributed by atoms with Crippen LogP contribution in [0.4, 0.5) is 22.7 Å². The fourth-order valence-corrected chi connectivity index (χ4v) is 4.65. The second-order valence-corrected chi connectivity index (χ2v) is 9.35. The molecule has 0 heterocycles. The van der Waals surface area contributed by atoms with Gasteiger partial charge in [0.15, 0.2) is 0 Å². The van der Waals surface area contributed by atoms with E-state index in [-0.39, 0.29) is 28.9 Å². The SMILES string of the molecule is CC(C)OC(=O)c1ccc(N(c2ccc(NCc3ccccc3)c([N+](=O)[O-])c2)[SH](=O)=O)c2ccccc12. The van der Waals surface area contributed by atoms with Crippen molar-refractivity contribution in [2.24, 2.45) is 0 Å². The minimum Gasteiger partial charge on any atom is -0.459 e. The van der Waals surface area contributed by atoms with E-state index in [0.717, 1.165) is 9.87 Å². The van der Waals surface area contributed by atoms with E-state index in [1.807, 2.05) is 30.3 Å². The lowest BCUT2D eigenvalue weighted by molar-refractivity contribution is -0.383. The van der Waals surface area contributed by atoms with Gasteiger partial charge in [-0.05, 0) is 49.1 Å². The molecule has 0 amide bonds. The number of hydrogen-bond donors (Lipinski definition) is 2. The molecule has 0 unspecified atom stereocenters. The maximum absolute atomic E-state index is 12.6. The monoisotopic (exact) mass is 519 g/mol. The number of nitro benzene ring substituents is 1. The summed E-state index contributed by atoms with van der Waals surface area (Å²) in [5, 5.41) is 15.9. The minimum absolute atomic E-state index is 0.0933. The summed E-state index contributed by atoms with van der Waals surface area (Å²) in [6.45, 7) is 3.84. The van der Waals surface area contributed by atoms with E-state index in [4.69, 9.17) is 4.74 Å². The largest absolute Gasteiger partial charge is 0.459 e. The Hall–Kier alpha value is -4.44. The molecule has 0 spiro atoms. The zero-order valence-electron chi connectivity index (χ0n) is 20.2. The van der Waals surface area contributed by atoms with Crippen LogP contribution >= 0.6 is 0 Å². The second kappa shape index (κ2) is 11.1. The van der Waals surface area contributed by atoms with Crippen LogP contribution in [0.2, 0.25) is 0 Å². The Kier molecular flexibility index (Phi) is 7.69. The molecule has 0 aliphatic carbocycles. The number of hydrogen-bond acceptors (Lipinski definition) is 7. The van der Waals surface area contributed by atoms with Crippen molar-refractivity contribution in [3.8, 4) is 0 Å². The number of nitrogens with zero attached hydrogens (tertiary/aromatic N) is 2. The Morgan fingerprint density at radius 1 is 0.973 bits per heavy atom. The van der Waals surface area contributed by atoms with Crippen molar-refractivity contribution in [3.63, 3.8) is 0 Å². The zero-order valence-corrected chi connectivity index (χ0v) is 21.1. The van der Waals surface area contributed by atoms with Crippen LogP contribution in [0.5, 0.6) is 0 Å². The molecule has 0 saturated carbocycles. The summed E-state index contributed by atoms with van der Waals surface area (Å²) >= 11 is 0. The number of anilines is 3. The van der Waals surface area contributed by atoms with Crippen molar-refractivity contribution in [3.05, 3.63) is 106 Å². The van der Waals surface area contributed by atoms with Gasteiger partial charge in [-0.3, -0.25) is 10.1 Å². The number of esters is 1. The van der Waals surface area contributed by atoms with Crippen LogP contribution in [0.25, 0.3) is 10.8 Å². The van der Waals surface area contributed by atoms with Crippen LogP contribution in [-0.4, -0.2) is 25.4 Å². The quantitative estimate of drug-likeness (QED) is 0.128. The molecule has 0 aliphatic rings. The van der Waals surface area contributed by atoms with Crippen LogP contribution in [0.1, 0.15) is 29.8 Å². The number of benzene rings is 4. The molecule has 0 aromatic heterocycles. The average molecular weight is 520 g/mol. The van der Waals surface area contributed by atoms with E-state index in [0.29, 0.717) is 22.9 Å². The summed E-state index contributed by atoms with van der Waals surface area (Å²) in [5.41, 5.74) is 1.57. The summed E-state index contributed by atoms with van der Waals surface area (Å²) in [4.78, 5) is 24.0. The number of rotatable bonds is 9. The molecular weight excluding hydrogens is 494 g/mol. The first-order valence-electron chi connectivity index (χ1n) is 11.5. The molecule has 190 valence electrons. The first-order chi connectivity index (χ1) is 17.8. The Morgan fingerprint density at radius 3 is 2.30 bits per heavy atom. The van der Waals surface area contributed by atoms with E-state index < -0.39 is 21.8 Å². The summed E-state index contributed by atoms with van der Waals surface area (Å²) in [7, 11) is -3.24. The average Bonchev–Trinajstić information content (AvgIpc) is 2.88. The first-order valence-corrected chi connectivity index (χ1v) is 12.6. The number of carbonyl (C=O) groups excluding carboxylic acids is 1. The van der Waals surface area contributed by atoms with Crippen LogP contribution in [0.3, 0.4) is 0 Å². The molecule has 4 aromatic carbocycles. The van der Waals surface area contributed by atoms with Gasteiger partial charge in [0.2, 0.25) is 10.9 Å². The number of nitro groups is 1. The van der Waals surface area contributed by atoms with Crippen molar-refractivity contribution in [1.82, 2.24) is 0 Å². The molecular formula is C27H25N3O6S. The molecule has 4 rings (SSSR count). The lowest BCUT2D eigenvalue weighted by Crippen LogP contribution is -2.17. The summed E-state index contributed by atoms with van der Waals surface area (Å²) < 4.78 is 31.3. The molecule has 0 aliphatic heterocycles. The van der Waals surface area contributed by atoms with Gasteiger partial charge in [-0.25, -0.2) is 17.5 Å². The summed E-state index contributed by atoms with van der Waals surface area (Å²) in [6, 6.07) is 23.4. The van der Waals surface area contributed by atoms with Gasteiger partial charge in [0, 0.05) is 18.0 Å². The molecule has 0 fully saturated rings. The Morgan fingerprint density at radius 2 is 1.65 bits per heavy atom. The highest BCUT2D eigenvalue weighted by Crippen LogP contribution is 2.38. The maximum atomic E-state index is 12.6. The topological polar surface area (TPSA) is 119 Å². The molecule has 4 aromatic rings. The number of ether oxygens (including phenoxy) is 1. The van der Waals surface area contributed by atoms with Crippen molar-refractivity contribution in [1.29, 1.82) is 0 Å². The molecule has 0 saturated heterocycles. The van der Waals surface area contributed by atoms with Gasteiger partial charge in [-0.2, -0.15) is 0 Å². The first kappa shape index (κ1) is 25.6. The zero-order chi connectivity index (χ0) is 26.5. The molecule has 0 radical (unpaired) electrons. The number of nitrogens with one attached hydrogen (secondary N) is 1. The van der Waals surface area contributed by atoms with Crippen molar-refractivity contribution in [2.75, 3.05) is 9.62 Å². The Labute approximate surface area is 215 Å². The van der Waals surface area contributed by atoms with Gasteiger partial charge in [0.05, 0.1) is 28.0 Å². The molecule has 0 atom stereocenters. The van der Waals surface area contributed by atoms with Gasteiger partial charge in [-0.1, -0.05) is 54.6 Å². The fraction of sp³-hybridized carbons (Fsp3) is 0.148. The summed E-state index contributed by atoms with van der Waals surface area (Å²) in [5.74, 6) is -0.528. The molecule has 1 N–H and O–H groups in total. The minimum atomic E-state index is -3.24. The molecule has 0 bridgehead atoms. The fourth-order valence-electron chi connectivity index (χ4n) is 3.99. The van der Waals surface area contributed by atoms with Crippen LogP contribution in [0.15, 0.2) is 84.9 Å². The van der Waals surface area contributed by atoms with Gasteiger partial charge in [-0.15, -0.1) is 0 Å². The van der Waals surface area contributed by atoms with E-state index in [1.165, 1.54) is 30.3 Å². The second-order valence-electron chi connectivity index (χ2n) is 8.48. The smallest absolute Gasteiger partial charge is 0.339 e. The third kappa shape index (κ3) is 5.70. The molecule has 37 heavy (non-hydrogen) atoms. The van der Waals surface area contributed by atoms with Crippen LogP contribution in [0, 0.1) is 10.1 Å². The van der Waals surface area contributed by atoms with Crippen LogP contribution < -0.4 is 9.62 Å². The van der Waals surface area contributed by atoms with Crippen molar-refractivity contribution < 1.29 is 22.9 Å². The normalized spacial score (nSPS) is 11.0. The third-order valence-corrected chi connectivity index (χ3v) is 6.38. The predicted molar refractivity (Wildman–Crippen MR) is 144 cm³/mol. The highest BCUT2D eigenvalue weighted by atomic mass is 32.2. The predicted octanol–water partition coefficient (Wildman–Crippen LogP) is 5.59. The number of thiol groups is 1. The Bertz CT molecular complexity index is 1530. The van der Waals surface area contributed by atoms with E-state index in [1.54, 1.807) is 38.1 Å². The lowest BCUT2D eigenvalue weighted by atomic mass is 10.0. The highest BCUT2D eigenvalue weighted by Gasteiger charge is 2.23. The lowest BCUT2D eigenvalue weighted by Gasteiger charge is -2.21. The van der Waals surface area contributed by atoms with Crippen molar-refractivity contribution >= 4 is 50.4 Å². The van der Waals surface area contributed by atoms with E-state index >= 15 is 0 Å². The summed E-state index contributed by atoms with van der Waals surface area (Å²) in [6.07, 6.45) is -0.326.